The van der Waals surface area contributed by atoms with Crippen LogP contribution in [0.5, 0.6) is 0 Å². The van der Waals surface area contributed by atoms with Gasteiger partial charge in [0.25, 0.3) is 0 Å². The van der Waals surface area contributed by atoms with Crippen molar-refractivity contribution in [3.05, 3.63) is 66.7 Å². The van der Waals surface area contributed by atoms with Crippen LogP contribution in [0, 0.1) is 0 Å². The minimum absolute atomic E-state index is 0.447. The summed E-state index contributed by atoms with van der Waals surface area (Å²) >= 11 is 5.99. The van der Waals surface area contributed by atoms with E-state index in [1.54, 1.807) is 24.8 Å². The van der Waals surface area contributed by atoms with Crippen molar-refractivity contribution in [1.82, 2.24) is 15.0 Å². The van der Waals surface area contributed by atoms with E-state index in [0.717, 1.165) is 28.1 Å². The second-order valence-corrected chi connectivity index (χ2v) is 4.63. The van der Waals surface area contributed by atoms with Crippen LogP contribution in [0.1, 0.15) is 5.56 Å². The van der Waals surface area contributed by atoms with E-state index in [-0.39, 0.29) is 0 Å². The van der Waals surface area contributed by atoms with E-state index in [4.69, 9.17) is 11.6 Å². The molecule has 4 heteroatoms. The fraction of sp³-hybridized carbons (Fsp3) is 0.0625. The SMILES string of the molecule is ClCc1cc(-c2cccnc2)nc(-c2cccnc2)c1. The molecule has 98 valence electrons. The van der Waals surface area contributed by atoms with Crippen molar-refractivity contribution in [2.45, 2.75) is 5.88 Å². The first-order chi connectivity index (χ1) is 9.86. The van der Waals surface area contributed by atoms with Crippen LogP contribution in [0.15, 0.2) is 61.2 Å². The van der Waals surface area contributed by atoms with Crippen LogP contribution in [0.2, 0.25) is 0 Å². The molecular weight excluding hydrogens is 270 g/mol. The predicted molar refractivity (Wildman–Crippen MR) is 80.3 cm³/mol. The Morgan fingerprint density at radius 2 is 1.40 bits per heavy atom. The first-order valence-corrected chi connectivity index (χ1v) is 6.78. The van der Waals surface area contributed by atoms with Crippen molar-refractivity contribution in [3.8, 4) is 22.5 Å². The number of rotatable bonds is 3. The Labute approximate surface area is 122 Å². The molecule has 3 aromatic heterocycles. The van der Waals surface area contributed by atoms with Crippen LogP contribution in [0.3, 0.4) is 0 Å². The number of hydrogen-bond acceptors (Lipinski definition) is 3. The molecule has 0 bridgehead atoms. The van der Waals surface area contributed by atoms with Crippen molar-refractivity contribution >= 4 is 11.6 Å². The Morgan fingerprint density at radius 1 is 0.850 bits per heavy atom. The zero-order valence-electron chi connectivity index (χ0n) is 10.7. The van der Waals surface area contributed by atoms with Gasteiger partial charge in [0.2, 0.25) is 0 Å². The lowest BCUT2D eigenvalue weighted by atomic mass is 10.1. The van der Waals surface area contributed by atoms with Crippen molar-refractivity contribution in [1.29, 1.82) is 0 Å². The molecule has 0 spiro atoms. The molecule has 3 rings (SSSR count). The summed E-state index contributed by atoms with van der Waals surface area (Å²) in [6.07, 6.45) is 7.09. The van der Waals surface area contributed by atoms with Gasteiger partial charge in [-0.1, -0.05) is 0 Å². The normalized spacial score (nSPS) is 10.4. The number of aromatic nitrogens is 3. The molecule has 0 aliphatic heterocycles. The second-order valence-electron chi connectivity index (χ2n) is 4.36. The van der Waals surface area contributed by atoms with Crippen LogP contribution in [0.25, 0.3) is 22.5 Å². The third-order valence-electron chi connectivity index (χ3n) is 2.95. The van der Waals surface area contributed by atoms with Gasteiger partial charge in [-0.2, -0.15) is 0 Å². The molecule has 3 nitrogen and oxygen atoms in total. The average Bonchev–Trinajstić information content (AvgIpc) is 2.56. The highest BCUT2D eigenvalue weighted by molar-refractivity contribution is 6.17. The third-order valence-corrected chi connectivity index (χ3v) is 3.26. The van der Waals surface area contributed by atoms with Crippen molar-refractivity contribution < 1.29 is 0 Å². The molecule has 0 saturated heterocycles. The molecule has 0 amide bonds. The fourth-order valence-electron chi connectivity index (χ4n) is 1.99. The average molecular weight is 282 g/mol. The van der Waals surface area contributed by atoms with Gasteiger partial charge in [0, 0.05) is 41.8 Å². The summed E-state index contributed by atoms with van der Waals surface area (Å²) in [5, 5.41) is 0. The zero-order chi connectivity index (χ0) is 13.8. The topological polar surface area (TPSA) is 38.7 Å². The maximum Gasteiger partial charge on any atom is 0.0728 e. The maximum absolute atomic E-state index is 5.99. The number of alkyl halides is 1. The minimum Gasteiger partial charge on any atom is -0.264 e. The molecule has 3 aromatic rings. The first-order valence-electron chi connectivity index (χ1n) is 6.24. The van der Waals surface area contributed by atoms with Crippen molar-refractivity contribution in [3.63, 3.8) is 0 Å². The summed E-state index contributed by atoms with van der Waals surface area (Å²) in [7, 11) is 0. The standard InChI is InChI=1S/C16H12ClN3/c17-9-12-7-15(13-3-1-5-18-10-13)20-16(8-12)14-4-2-6-19-11-14/h1-8,10-11H,9H2. The van der Waals surface area contributed by atoms with E-state index in [9.17, 15) is 0 Å². The lowest BCUT2D eigenvalue weighted by Gasteiger charge is -2.07. The van der Waals surface area contributed by atoms with Gasteiger partial charge in [-0.05, 0) is 42.0 Å². The summed E-state index contributed by atoms with van der Waals surface area (Å²) in [4.78, 5) is 13.0. The molecule has 0 aliphatic carbocycles. The number of hydrogen-bond donors (Lipinski definition) is 0. The summed E-state index contributed by atoms with van der Waals surface area (Å²) in [6, 6.07) is 11.7. The first kappa shape index (κ1) is 12.8. The molecule has 0 fully saturated rings. The van der Waals surface area contributed by atoms with Crippen LogP contribution < -0.4 is 0 Å². The summed E-state index contributed by atoms with van der Waals surface area (Å²) in [6.45, 7) is 0. The van der Waals surface area contributed by atoms with Gasteiger partial charge in [0.15, 0.2) is 0 Å². The molecule has 0 aromatic carbocycles. The third kappa shape index (κ3) is 2.68. The molecule has 0 unspecified atom stereocenters. The van der Waals surface area contributed by atoms with Gasteiger partial charge in [0.1, 0.15) is 0 Å². The minimum atomic E-state index is 0.447. The van der Waals surface area contributed by atoms with E-state index >= 15 is 0 Å². The molecule has 0 atom stereocenters. The predicted octanol–water partition coefficient (Wildman–Crippen LogP) is 3.94. The summed E-state index contributed by atoms with van der Waals surface area (Å²) in [5.41, 5.74) is 4.72. The van der Waals surface area contributed by atoms with Gasteiger partial charge in [-0.15, -0.1) is 11.6 Å². The largest absolute Gasteiger partial charge is 0.264 e. The zero-order valence-corrected chi connectivity index (χ0v) is 11.5. The van der Waals surface area contributed by atoms with Crippen LogP contribution >= 0.6 is 11.6 Å². The number of halogens is 1. The fourth-order valence-corrected chi connectivity index (χ4v) is 2.14. The van der Waals surface area contributed by atoms with Gasteiger partial charge < -0.3 is 0 Å². The quantitative estimate of drug-likeness (QED) is 0.683. The highest BCUT2D eigenvalue weighted by Crippen LogP contribution is 2.24. The Balaban J connectivity index is 2.13. The summed E-state index contributed by atoms with van der Waals surface area (Å²) in [5.74, 6) is 0.447. The van der Waals surface area contributed by atoms with E-state index in [0.29, 0.717) is 5.88 Å². The number of pyridine rings is 3. The van der Waals surface area contributed by atoms with Crippen LogP contribution in [-0.2, 0) is 5.88 Å². The van der Waals surface area contributed by atoms with Crippen molar-refractivity contribution in [2.75, 3.05) is 0 Å². The summed E-state index contributed by atoms with van der Waals surface area (Å²) < 4.78 is 0. The number of nitrogens with zero attached hydrogens (tertiary/aromatic N) is 3. The van der Waals surface area contributed by atoms with Crippen LogP contribution in [-0.4, -0.2) is 15.0 Å². The Hall–Kier alpha value is -2.26. The van der Waals surface area contributed by atoms with Crippen LogP contribution in [0.4, 0.5) is 0 Å². The smallest absolute Gasteiger partial charge is 0.0728 e. The van der Waals surface area contributed by atoms with E-state index < -0.39 is 0 Å². The van der Waals surface area contributed by atoms with E-state index in [1.807, 2.05) is 36.4 Å². The lowest BCUT2D eigenvalue weighted by Crippen LogP contribution is -1.92. The monoisotopic (exact) mass is 281 g/mol. The Bertz CT molecular complexity index is 642. The van der Waals surface area contributed by atoms with E-state index in [2.05, 4.69) is 15.0 Å². The van der Waals surface area contributed by atoms with E-state index in [1.165, 1.54) is 0 Å². The molecule has 0 N–H and O–H groups in total. The van der Waals surface area contributed by atoms with Gasteiger partial charge in [0.05, 0.1) is 11.4 Å². The molecule has 0 radical (unpaired) electrons. The van der Waals surface area contributed by atoms with Gasteiger partial charge >= 0.3 is 0 Å². The lowest BCUT2D eigenvalue weighted by molar-refractivity contribution is 1.23. The van der Waals surface area contributed by atoms with Gasteiger partial charge in [-0.25, -0.2) is 4.98 Å². The molecule has 3 heterocycles. The second kappa shape index (κ2) is 5.80. The molecule has 20 heavy (non-hydrogen) atoms. The molecular formula is C16H12ClN3. The molecule has 0 aliphatic rings. The maximum atomic E-state index is 5.99. The Kier molecular flexibility index (Phi) is 3.70. The highest BCUT2D eigenvalue weighted by atomic mass is 35.5. The highest BCUT2D eigenvalue weighted by Gasteiger charge is 2.06. The van der Waals surface area contributed by atoms with Crippen molar-refractivity contribution in [2.24, 2.45) is 0 Å². The molecule has 0 saturated carbocycles. The van der Waals surface area contributed by atoms with Gasteiger partial charge in [-0.3, -0.25) is 9.97 Å². The Morgan fingerprint density at radius 3 is 1.80 bits per heavy atom.